The van der Waals surface area contributed by atoms with Gasteiger partial charge in [-0.2, -0.15) is 0 Å². The maximum Gasteiger partial charge on any atom is 0.309 e. The van der Waals surface area contributed by atoms with Crippen LogP contribution in [0.5, 0.6) is 0 Å². The highest BCUT2D eigenvalue weighted by molar-refractivity contribution is 5.80. The van der Waals surface area contributed by atoms with Crippen molar-refractivity contribution in [1.82, 2.24) is 10.2 Å². The predicted octanol–water partition coefficient (Wildman–Crippen LogP) is 3.42. The number of hydrogen-bond donors (Lipinski definition) is 1. The number of guanidine groups is 1. The quantitative estimate of drug-likeness (QED) is 0.460. The molecule has 1 heterocycles. The molecule has 0 radical (unpaired) electrons. The van der Waals surface area contributed by atoms with E-state index in [-0.39, 0.29) is 11.9 Å². The topological polar surface area (TPSA) is 53.9 Å². The van der Waals surface area contributed by atoms with E-state index in [4.69, 9.17) is 9.73 Å². The van der Waals surface area contributed by atoms with Crippen LogP contribution in [-0.2, 0) is 9.53 Å². The van der Waals surface area contributed by atoms with Crippen LogP contribution in [0, 0.1) is 5.92 Å². The van der Waals surface area contributed by atoms with Crippen LogP contribution in [0.4, 0.5) is 0 Å². The van der Waals surface area contributed by atoms with Gasteiger partial charge in [0, 0.05) is 26.2 Å². The summed E-state index contributed by atoms with van der Waals surface area (Å²) in [6.45, 7) is 10.0. The first kappa shape index (κ1) is 20.3. The van der Waals surface area contributed by atoms with E-state index in [1.54, 1.807) is 0 Å². The Morgan fingerprint density at radius 1 is 1.27 bits per heavy atom. The molecule has 1 aliphatic heterocycles. The zero-order valence-electron chi connectivity index (χ0n) is 16.4. The highest BCUT2D eigenvalue weighted by atomic mass is 16.5. The molecule has 1 aliphatic rings. The van der Waals surface area contributed by atoms with Gasteiger partial charge in [0.15, 0.2) is 5.96 Å². The van der Waals surface area contributed by atoms with Gasteiger partial charge < -0.3 is 15.0 Å². The standard InChI is InChI=1S/C21H33N3O2/c1-4-22-21(23-14-11-17(3)18-9-7-6-8-10-18)24-15-12-19(13-16-24)20(25)26-5-2/h6-10,17,19H,4-5,11-16H2,1-3H3,(H,22,23). The van der Waals surface area contributed by atoms with Crippen LogP contribution in [0.15, 0.2) is 35.3 Å². The van der Waals surface area contributed by atoms with Crippen LogP contribution in [0.3, 0.4) is 0 Å². The van der Waals surface area contributed by atoms with E-state index < -0.39 is 0 Å². The third-order valence-electron chi connectivity index (χ3n) is 4.94. The number of rotatable bonds is 7. The maximum absolute atomic E-state index is 11.9. The van der Waals surface area contributed by atoms with Crippen molar-refractivity contribution in [3.05, 3.63) is 35.9 Å². The number of carbonyl (C=O) groups is 1. The minimum Gasteiger partial charge on any atom is -0.466 e. The number of nitrogens with one attached hydrogen (secondary N) is 1. The molecule has 0 saturated carbocycles. The third kappa shape index (κ3) is 6.04. The molecule has 144 valence electrons. The maximum atomic E-state index is 11.9. The van der Waals surface area contributed by atoms with Crippen molar-refractivity contribution in [1.29, 1.82) is 0 Å². The average Bonchev–Trinajstić information content (AvgIpc) is 2.68. The molecule has 1 atom stereocenters. The number of ether oxygens (including phenoxy) is 1. The summed E-state index contributed by atoms with van der Waals surface area (Å²) in [5.41, 5.74) is 1.36. The van der Waals surface area contributed by atoms with Gasteiger partial charge in [-0.05, 0) is 44.6 Å². The highest BCUT2D eigenvalue weighted by Gasteiger charge is 2.27. The van der Waals surface area contributed by atoms with Gasteiger partial charge in [-0.15, -0.1) is 0 Å². The van der Waals surface area contributed by atoms with Crippen LogP contribution in [0.25, 0.3) is 0 Å². The molecule has 1 aromatic carbocycles. The van der Waals surface area contributed by atoms with Gasteiger partial charge in [0.1, 0.15) is 0 Å². The molecule has 1 fully saturated rings. The van der Waals surface area contributed by atoms with E-state index in [0.717, 1.165) is 51.4 Å². The SMILES string of the molecule is CCNC(=NCCC(C)c1ccccc1)N1CCC(C(=O)OCC)CC1. The second kappa shape index (κ2) is 10.8. The normalized spacial score (nSPS) is 17.0. The van der Waals surface area contributed by atoms with Gasteiger partial charge in [0.05, 0.1) is 12.5 Å². The Balaban J connectivity index is 1.86. The zero-order valence-corrected chi connectivity index (χ0v) is 16.4. The number of esters is 1. The summed E-state index contributed by atoms with van der Waals surface area (Å²) in [4.78, 5) is 19.0. The van der Waals surface area contributed by atoms with Crippen LogP contribution in [-0.4, -0.2) is 49.6 Å². The Labute approximate surface area is 157 Å². The minimum absolute atomic E-state index is 0.0344. The summed E-state index contributed by atoms with van der Waals surface area (Å²) in [6.07, 6.45) is 2.70. The summed E-state index contributed by atoms with van der Waals surface area (Å²) in [5.74, 6) is 1.45. The number of nitrogens with zero attached hydrogens (tertiary/aromatic N) is 2. The third-order valence-corrected chi connectivity index (χ3v) is 4.94. The molecule has 5 nitrogen and oxygen atoms in total. The molecule has 0 bridgehead atoms. The van der Waals surface area contributed by atoms with Crippen molar-refractivity contribution >= 4 is 11.9 Å². The van der Waals surface area contributed by atoms with Gasteiger partial charge in [0.2, 0.25) is 0 Å². The van der Waals surface area contributed by atoms with Gasteiger partial charge in [-0.3, -0.25) is 9.79 Å². The minimum atomic E-state index is -0.0502. The molecule has 2 rings (SSSR count). The molecular formula is C21H33N3O2. The van der Waals surface area contributed by atoms with E-state index in [1.807, 2.05) is 6.92 Å². The van der Waals surface area contributed by atoms with Crippen molar-refractivity contribution < 1.29 is 9.53 Å². The lowest BCUT2D eigenvalue weighted by Gasteiger charge is -2.33. The smallest absolute Gasteiger partial charge is 0.309 e. The molecule has 0 aliphatic carbocycles. The van der Waals surface area contributed by atoms with Crippen LogP contribution in [0.2, 0.25) is 0 Å². The number of hydrogen-bond acceptors (Lipinski definition) is 3. The Bertz CT molecular complexity index is 566. The Morgan fingerprint density at radius 3 is 2.58 bits per heavy atom. The van der Waals surface area contributed by atoms with Crippen LogP contribution >= 0.6 is 0 Å². The molecule has 1 aromatic rings. The molecule has 1 saturated heterocycles. The summed E-state index contributed by atoms with van der Waals surface area (Å²) in [6, 6.07) is 10.6. The fourth-order valence-electron chi connectivity index (χ4n) is 3.33. The van der Waals surface area contributed by atoms with Gasteiger partial charge in [-0.1, -0.05) is 37.3 Å². The monoisotopic (exact) mass is 359 g/mol. The first-order chi connectivity index (χ1) is 12.7. The lowest BCUT2D eigenvalue weighted by atomic mass is 9.97. The van der Waals surface area contributed by atoms with Gasteiger partial charge >= 0.3 is 5.97 Å². The number of carbonyl (C=O) groups excluding carboxylic acids is 1. The summed E-state index contributed by atoms with van der Waals surface area (Å²) in [7, 11) is 0. The summed E-state index contributed by atoms with van der Waals surface area (Å²) >= 11 is 0. The lowest BCUT2D eigenvalue weighted by Crippen LogP contribution is -2.46. The molecular weight excluding hydrogens is 326 g/mol. The predicted molar refractivity (Wildman–Crippen MR) is 106 cm³/mol. The Morgan fingerprint density at radius 2 is 1.96 bits per heavy atom. The van der Waals surface area contributed by atoms with E-state index in [9.17, 15) is 4.79 Å². The molecule has 0 amide bonds. The number of benzene rings is 1. The number of piperidine rings is 1. The fraction of sp³-hybridized carbons (Fsp3) is 0.619. The first-order valence-corrected chi connectivity index (χ1v) is 9.90. The zero-order chi connectivity index (χ0) is 18.8. The van der Waals surface area contributed by atoms with Crippen LogP contribution < -0.4 is 5.32 Å². The Kier molecular flexibility index (Phi) is 8.45. The van der Waals surface area contributed by atoms with Crippen LogP contribution in [0.1, 0.15) is 51.5 Å². The first-order valence-electron chi connectivity index (χ1n) is 9.90. The van der Waals surface area contributed by atoms with Crippen molar-refractivity contribution in [2.24, 2.45) is 10.9 Å². The van der Waals surface area contributed by atoms with Gasteiger partial charge in [-0.25, -0.2) is 0 Å². The average molecular weight is 360 g/mol. The lowest BCUT2D eigenvalue weighted by molar-refractivity contribution is -0.149. The molecule has 1 N–H and O–H groups in total. The van der Waals surface area contributed by atoms with Crippen molar-refractivity contribution in [3.8, 4) is 0 Å². The van der Waals surface area contributed by atoms with E-state index in [0.29, 0.717) is 12.5 Å². The van der Waals surface area contributed by atoms with E-state index in [1.165, 1.54) is 5.56 Å². The van der Waals surface area contributed by atoms with Gasteiger partial charge in [0.25, 0.3) is 0 Å². The molecule has 5 heteroatoms. The molecule has 0 aromatic heterocycles. The molecule has 1 unspecified atom stereocenters. The summed E-state index contributed by atoms with van der Waals surface area (Å²) in [5, 5.41) is 3.39. The molecule has 0 spiro atoms. The van der Waals surface area contributed by atoms with Crippen molar-refractivity contribution in [3.63, 3.8) is 0 Å². The van der Waals surface area contributed by atoms with Crippen molar-refractivity contribution in [2.75, 3.05) is 32.8 Å². The second-order valence-corrected chi connectivity index (χ2v) is 6.85. The Hall–Kier alpha value is -2.04. The fourth-order valence-corrected chi connectivity index (χ4v) is 3.33. The summed E-state index contributed by atoms with van der Waals surface area (Å²) < 4.78 is 5.15. The number of aliphatic imine (C=N–C) groups is 1. The van der Waals surface area contributed by atoms with Crippen molar-refractivity contribution in [2.45, 2.75) is 46.0 Å². The second-order valence-electron chi connectivity index (χ2n) is 6.85. The molecule has 26 heavy (non-hydrogen) atoms. The van der Waals surface area contributed by atoms with E-state index in [2.05, 4.69) is 54.4 Å². The largest absolute Gasteiger partial charge is 0.466 e. The van der Waals surface area contributed by atoms with E-state index >= 15 is 0 Å². The number of likely N-dealkylation sites (tertiary alicyclic amines) is 1. The highest BCUT2D eigenvalue weighted by Crippen LogP contribution is 2.20.